The number of hydrogen-bond donors (Lipinski definition) is 0. The number of furan rings is 1. The van der Waals surface area contributed by atoms with Crippen LogP contribution < -0.4 is 0 Å². The Morgan fingerprint density at radius 3 is 2.44 bits per heavy atom. The van der Waals surface area contributed by atoms with E-state index in [2.05, 4.69) is 52.1 Å². The molecule has 0 aliphatic rings. The van der Waals surface area contributed by atoms with Crippen molar-refractivity contribution < 1.29 is 4.42 Å². The molecule has 16 heavy (non-hydrogen) atoms. The van der Waals surface area contributed by atoms with Gasteiger partial charge < -0.3 is 4.42 Å². The Morgan fingerprint density at radius 2 is 1.81 bits per heavy atom. The lowest BCUT2D eigenvalue weighted by Crippen LogP contribution is -2.16. The maximum atomic E-state index is 5.47. The van der Waals surface area contributed by atoms with Gasteiger partial charge in [-0.2, -0.15) is 0 Å². The van der Waals surface area contributed by atoms with Gasteiger partial charge in [-0.05, 0) is 40.7 Å². The Bertz CT molecular complexity index is 438. The van der Waals surface area contributed by atoms with Crippen molar-refractivity contribution in [1.82, 2.24) is 4.90 Å². The Hall–Kier alpha value is -1.06. The quantitative estimate of drug-likeness (QED) is 0.849. The van der Waals surface area contributed by atoms with Crippen LogP contribution in [0, 0.1) is 0 Å². The highest BCUT2D eigenvalue weighted by Gasteiger charge is 2.04. The SMILES string of the molecule is CN(Cc1ccccc1)Cc1ccc(Br)o1. The summed E-state index contributed by atoms with van der Waals surface area (Å²) in [5, 5.41) is 0. The molecule has 84 valence electrons. The second kappa shape index (κ2) is 5.32. The van der Waals surface area contributed by atoms with E-state index in [1.165, 1.54) is 5.56 Å². The second-order valence-corrected chi connectivity index (χ2v) is 4.65. The average molecular weight is 280 g/mol. The zero-order valence-corrected chi connectivity index (χ0v) is 10.8. The third-order valence-electron chi connectivity index (χ3n) is 2.35. The number of nitrogens with zero attached hydrogens (tertiary/aromatic N) is 1. The molecule has 0 aliphatic heterocycles. The first-order chi connectivity index (χ1) is 7.74. The Labute approximate surface area is 104 Å². The fourth-order valence-corrected chi connectivity index (χ4v) is 1.99. The van der Waals surface area contributed by atoms with Crippen LogP contribution in [0.4, 0.5) is 0 Å². The van der Waals surface area contributed by atoms with Crippen molar-refractivity contribution >= 4 is 15.9 Å². The van der Waals surface area contributed by atoms with E-state index in [1.54, 1.807) is 0 Å². The first-order valence-corrected chi connectivity index (χ1v) is 6.00. The first-order valence-electron chi connectivity index (χ1n) is 5.21. The van der Waals surface area contributed by atoms with Gasteiger partial charge in [0.2, 0.25) is 0 Å². The molecule has 0 saturated carbocycles. The first kappa shape index (κ1) is 11.4. The fourth-order valence-electron chi connectivity index (χ4n) is 1.65. The van der Waals surface area contributed by atoms with Crippen LogP contribution in [0.15, 0.2) is 51.6 Å². The van der Waals surface area contributed by atoms with Crippen LogP contribution in [0.5, 0.6) is 0 Å². The van der Waals surface area contributed by atoms with Gasteiger partial charge >= 0.3 is 0 Å². The van der Waals surface area contributed by atoms with Gasteiger partial charge in [0.25, 0.3) is 0 Å². The van der Waals surface area contributed by atoms with Crippen LogP contribution >= 0.6 is 15.9 Å². The van der Waals surface area contributed by atoms with Gasteiger partial charge in [0.05, 0.1) is 6.54 Å². The summed E-state index contributed by atoms with van der Waals surface area (Å²) in [5.41, 5.74) is 1.32. The van der Waals surface area contributed by atoms with Crippen molar-refractivity contribution in [3.63, 3.8) is 0 Å². The highest BCUT2D eigenvalue weighted by Crippen LogP contribution is 2.16. The molecular weight excluding hydrogens is 266 g/mol. The van der Waals surface area contributed by atoms with Crippen LogP contribution in [-0.2, 0) is 13.1 Å². The van der Waals surface area contributed by atoms with Crippen LogP contribution in [0.2, 0.25) is 0 Å². The van der Waals surface area contributed by atoms with E-state index in [0.717, 1.165) is 23.5 Å². The molecule has 0 N–H and O–H groups in total. The van der Waals surface area contributed by atoms with Gasteiger partial charge in [-0.15, -0.1) is 0 Å². The van der Waals surface area contributed by atoms with Crippen molar-refractivity contribution in [3.8, 4) is 0 Å². The van der Waals surface area contributed by atoms with Crippen molar-refractivity contribution in [1.29, 1.82) is 0 Å². The molecule has 0 bridgehead atoms. The summed E-state index contributed by atoms with van der Waals surface area (Å²) in [6.07, 6.45) is 0. The monoisotopic (exact) mass is 279 g/mol. The molecule has 3 heteroatoms. The standard InChI is InChI=1S/C13H14BrNO/c1-15(9-11-5-3-2-4-6-11)10-12-7-8-13(14)16-12/h2-8H,9-10H2,1H3. The number of benzene rings is 1. The minimum Gasteiger partial charge on any atom is -0.453 e. The summed E-state index contributed by atoms with van der Waals surface area (Å²) in [5.74, 6) is 0.977. The van der Waals surface area contributed by atoms with Crippen LogP contribution in [0.3, 0.4) is 0 Å². The molecule has 0 saturated heterocycles. The molecule has 2 rings (SSSR count). The van der Waals surface area contributed by atoms with E-state index in [4.69, 9.17) is 4.42 Å². The molecule has 2 nitrogen and oxygen atoms in total. The van der Waals surface area contributed by atoms with Crippen molar-refractivity contribution in [2.75, 3.05) is 7.05 Å². The Kier molecular flexibility index (Phi) is 3.80. The van der Waals surface area contributed by atoms with E-state index in [9.17, 15) is 0 Å². The summed E-state index contributed by atoms with van der Waals surface area (Å²) < 4.78 is 6.25. The Balaban J connectivity index is 1.92. The van der Waals surface area contributed by atoms with E-state index in [-0.39, 0.29) is 0 Å². The molecule has 0 aliphatic carbocycles. The van der Waals surface area contributed by atoms with Crippen molar-refractivity contribution in [2.45, 2.75) is 13.1 Å². The summed E-state index contributed by atoms with van der Waals surface area (Å²) in [4.78, 5) is 2.22. The number of halogens is 1. The molecule has 0 spiro atoms. The zero-order chi connectivity index (χ0) is 11.4. The molecular formula is C13H14BrNO. The minimum absolute atomic E-state index is 0.788. The van der Waals surface area contributed by atoms with Crippen LogP contribution in [0.1, 0.15) is 11.3 Å². The van der Waals surface area contributed by atoms with E-state index in [0.29, 0.717) is 0 Å². The maximum Gasteiger partial charge on any atom is 0.169 e. The predicted molar refractivity (Wildman–Crippen MR) is 68.0 cm³/mol. The largest absolute Gasteiger partial charge is 0.453 e. The molecule has 1 aromatic heterocycles. The lowest BCUT2D eigenvalue weighted by atomic mass is 10.2. The Morgan fingerprint density at radius 1 is 1.06 bits per heavy atom. The summed E-state index contributed by atoms with van der Waals surface area (Å²) in [7, 11) is 2.09. The highest BCUT2D eigenvalue weighted by molar-refractivity contribution is 9.10. The molecule has 0 unspecified atom stereocenters. The maximum absolute atomic E-state index is 5.47. The molecule has 0 atom stereocenters. The van der Waals surface area contributed by atoms with Gasteiger partial charge in [0.15, 0.2) is 4.67 Å². The molecule has 0 fully saturated rings. The summed E-state index contributed by atoms with van der Waals surface area (Å²) >= 11 is 3.30. The van der Waals surface area contributed by atoms with Gasteiger partial charge in [0.1, 0.15) is 5.76 Å². The normalized spacial score (nSPS) is 10.9. The average Bonchev–Trinajstić information content (AvgIpc) is 2.65. The van der Waals surface area contributed by atoms with E-state index in [1.807, 2.05) is 18.2 Å². The smallest absolute Gasteiger partial charge is 0.169 e. The number of hydrogen-bond acceptors (Lipinski definition) is 2. The van der Waals surface area contributed by atoms with Gasteiger partial charge in [-0.25, -0.2) is 0 Å². The fraction of sp³-hybridized carbons (Fsp3) is 0.231. The third kappa shape index (κ3) is 3.22. The molecule has 0 radical (unpaired) electrons. The van der Waals surface area contributed by atoms with E-state index >= 15 is 0 Å². The lowest BCUT2D eigenvalue weighted by Gasteiger charge is -2.14. The highest BCUT2D eigenvalue weighted by atomic mass is 79.9. The third-order valence-corrected chi connectivity index (χ3v) is 2.78. The van der Waals surface area contributed by atoms with Crippen LogP contribution in [-0.4, -0.2) is 11.9 Å². The van der Waals surface area contributed by atoms with Crippen LogP contribution in [0.25, 0.3) is 0 Å². The lowest BCUT2D eigenvalue weighted by molar-refractivity contribution is 0.285. The van der Waals surface area contributed by atoms with Gasteiger partial charge in [-0.3, -0.25) is 4.90 Å². The van der Waals surface area contributed by atoms with Crippen molar-refractivity contribution in [3.05, 3.63) is 58.5 Å². The zero-order valence-electron chi connectivity index (χ0n) is 9.19. The van der Waals surface area contributed by atoms with Gasteiger partial charge in [0, 0.05) is 6.54 Å². The predicted octanol–water partition coefficient (Wildman–Crippen LogP) is 3.67. The molecule has 0 amide bonds. The molecule has 2 aromatic rings. The second-order valence-electron chi connectivity index (χ2n) is 3.86. The minimum atomic E-state index is 0.788. The summed E-state index contributed by atoms with van der Waals surface area (Å²) in [6.45, 7) is 1.75. The summed E-state index contributed by atoms with van der Waals surface area (Å²) in [6, 6.07) is 14.3. The van der Waals surface area contributed by atoms with Gasteiger partial charge in [-0.1, -0.05) is 30.3 Å². The van der Waals surface area contributed by atoms with Crippen molar-refractivity contribution in [2.24, 2.45) is 0 Å². The molecule has 1 heterocycles. The topological polar surface area (TPSA) is 16.4 Å². The molecule has 1 aromatic carbocycles. The number of rotatable bonds is 4. The van der Waals surface area contributed by atoms with E-state index < -0.39 is 0 Å².